The summed E-state index contributed by atoms with van der Waals surface area (Å²) in [5.74, 6) is -0.154. The van der Waals surface area contributed by atoms with E-state index in [4.69, 9.17) is 5.26 Å². The zero-order valence-corrected chi connectivity index (χ0v) is 12.8. The number of rotatable bonds is 3. The van der Waals surface area contributed by atoms with E-state index in [9.17, 15) is 13.2 Å². The second kappa shape index (κ2) is 5.16. The third-order valence-electron chi connectivity index (χ3n) is 3.50. The smallest absolute Gasteiger partial charge is 0.252 e. The Morgan fingerprint density at radius 2 is 2.25 bits per heavy atom. The molecule has 1 N–H and O–H groups in total. The second-order valence-electron chi connectivity index (χ2n) is 4.96. The van der Waals surface area contributed by atoms with Crippen molar-refractivity contribution >= 4 is 27.3 Å². The van der Waals surface area contributed by atoms with Gasteiger partial charge in [0.1, 0.15) is 15.2 Å². The van der Waals surface area contributed by atoms with E-state index < -0.39 is 15.4 Å². The number of sulfonamides is 1. The number of amides is 1. The van der Waals surface area contributed by atoms with Gasteiger partial charge in [-0.05, 0) is 25.5 Å². The Bertz CT molecular complexity index is 674. The van der Waals surface area contributed by atoms with Crippen molar-refractivity contribution in [3.63, 3.8) is 0 Å². The SMILES string of the molecule is CNC(=O)C1(C)CCN(S(=O)(=O)c2ccc(C#N)s2)C1. The van der Waals surface area contributed by atoms with Crippen molar-refractivity contribution in [1.82, 2.24) is 9.62 Å². The van der Waals surface area contributed by atoms with Crippen molar-refractivity contribution in [1.29, 1.82) is 5.26 Å². The molecular weight excluding hydrogens is 298 g/mol. The molecule has 108 valence electrons. The molecule has 1 atom stereocenters. The molecule has 0 bridgehead atoms. The first-order valence-corrected chi connectivity index (χ1v) is 8.31. The Morgan fingerprint density at radius 1 is 1.55 bits per heavy atom. The highest BCUT2D eigenvalue weighted by molar-refractivity contribution is 7.91. The number of thiophene rings is 1. The van der Waals surface area contributed by atoms with Crippen molar-refractivity contribution in [2.24, 2.45) is 5.41 Å². The Morgan fingerprint density at radius 3 is 2.80 bits per heavy atom. The summed E-state index contributed by atoms with van der Waals surface area (Å²) in [5, 5.41) is 11.3. The molecule has 0 aromatic carbocycles. The molecule has 1 aromatic rings. The molecule has 1 aliphatic rings. The fourth-order valence-corrected chi connectivity index (χ4v) is 5.08. The minimum absolute atomic E-state index is 0.148. The number of hydrogen-bond acceptors (Lipinski definition) is 5. The third-order valence-corrected chi connectivity index (χ3v) is 6.80. The van der Waals surface area contributed by atoms with Gasteiger partial charge in [0.2, 0.25) is 5.91 Å². The molecule has 1 aliphatic heterocycles. The van der Waals surface area contributed by atoms with E-state index in [-0.39, 0.29) is 16.7 Å². The van der Waals surface area contributed by atoms with E-state index in [1.165, 1.54) is 16.4 Å². The average molecular weight is 313 g/mol. The first-order chi connectivity index (χ1) is 9.33. The largest absolute Gasteiger partial charge is 0.359 e. The summed E-state index contributed by atoms with van der Waals surface area (Å²) in [7, 11) is -2.08. The van der Waals surface area contributed by atoms with E-state index in [1.807, 2.05) is 6.07 Å². The van der Waals surface area contributed by atoms with Crippen LogP contribution < -0.4 is 5.32 Å². The van der Waals surface area contributed by atoms with Crippen LogP contribution in [0.1, 0.15) is 18.2 Å². The van der Waals surface area contributed by atoms with Gasteiger partial charge in [0.05, 0.1) is 5.41 Å². The molecule has 20 heavy (non-hydrogen) atoms. The lowest BCUT2D eigenvalue weighted by Crippen LogP contribution is -2.40. The predicted octanol–water partition coefficient (Wildman–Crippen LogP) is 0.766. The second-order valence-corrected chi connectivity index (χ2v) is 8.21. The van der Waals surface area contributed by atoms with Crippen LogP contribution in [0.3, 0.4) is 0 Å². The lowest BCUT2D eigenvalue weighted by atomic mass is 9.89. The van der Waals surface area contributed by atoms with Gasteiger partial charge in [-0.25, -0.2) is 8.42 Å². The number of nitriles is 1. The van der Waals surface area contributed by atoms with Crippen molar-refractivity contribution in [2.75, 3.05) is 20.1 Å². The van der Waals surface area contributed by atoms with Crippen LogP contribution in [0.4, 0.5) is 0 Å². The van der Waals surface area contributed by atoms with Gasteiger partial charge in [-0.2, -0.15) is 9.57 Å². The number of carbonyl (C=O) groups is 1. The maximum absolute atomic E-state index is 12.5. The molecule has 1 amide bonds. The van der Waals surface area contributed by atoms with Crippen LogP contribution >= 0.6 is 11.3 Å². The van der Waals surface area contributed by atoms with Crippen LogP contribution in [0.15, 0.2) is 16.3 Å². The highest BCUT2D eigenvalue weighted by Gasteiger charge is 2.44. The zero-order valence-electron chi connectivity index (χ0n) is 11.2. The first-order valence-electron chi connectivity index (χ1n) is 6.06. The minimum Gasteiger partial charge on any atom is -0.359 e. The molecule has 1 fully saturated rings. The van der Waals surface area contributed by atoms with Gasteiger partial charge in [-0.15, -0.1) is 11.3 Å². The molecule has 1 aromatic heterocycles. The Labute approximate surface area is 122 Å². The maximum Gasteiger partial charge on any atom is 0.252 e. The van der Waals surface area contributed by atoms with Gasteiger partial charge < -0.3 is 5.32 Å². The predicted molar refractivity (Wildman–Crippen MR) is 74.6 cm³/mol. The van der Waals surface area contributed by atoms with Crippen LogP contribution in [-0.4, -0.2) is 38.8 Å². The fraction of sp³-hybridized carbons (Fsp3) is 0.500. The molecule has 8 heteroatoms. The summed E-state index contributed by atoms with van der Waals surface area (Å²) in [6, 6.07) is 4.86. The van der Waals surface area contributed by atoms with Gasteiger partial charge >= 0.3 is 0 Å². The van der Waals surface area contributed by atoms with Crippen molar-refractivity contribution in [3.05, 3.63) is 17.0 Å². The normalized spacial score (nSPS) is 23.4. The minimum atomic E-state index is -3.62. The van der Waals surface area contributed by atoms with Crippen LogP contribution in [0.5, 0.6) is 0 Å². The molecular formula is C12H15N3O3S2. The zero-order chi connectivity index (χ0) is 15.0. The molecule has 1 saturated heterocycles. The van der Waals surface area contributed by atoms with E-state index in [2.05, 4.69) is 5.32 Å². The Balaban J connectivity index is 2.25. The summed E-state index contributed by atoms with van der Waals surface area (Å²) in [6.07, 6.45) is 0.488. The lowest BCUT2D eigenvalue weighted by molar-refractivity contribution is -0.128. The summed E-state index contributed by atoms with van der Waals surface area (Å²) >= 11 is 0.950. The summed E-state index contributed by atoms with van der Waals surface area (Å²) in [4.78, 5) is 12.2. The standard InChI is InChI=1S/C12H15N3O3S2/c1-12(11(16)14-2)5-6-15(8-12)20(17,18)10-4-3-9(7-13)19-10/h3-4H,5-6,8H2,1-2H3,(H,14,16). The fourth-order valence-electron chi connectivity index (χ4n) is 2.26. The van der Waals surface area contributed by atoms with Crippen molar-refractivity contribution in [2.45, 2.75) is 17.6 Å². The van der Waals surface area contributed by atoms with Gasteiger partial charge in [0.25, 0.3) is 10.0 Å². The maximum atomic E-state index is 12.5. The summed E-state index contributed by atoms with van der Waals surface area (Å²) < 4.78 is 26.4. The molecule has 2 heterocycles. The van der Waals surface area contributed by atoms with Crippen LogP contribution in [0.2, 0.25) is 0 Å². The van der Waals surface area contributed by atoms with E-state index in [0.717, 1.165) is 11.3 Å². The molecule has 1 unspecified atom stereocenters. The number of carbonyl (C=O) groups excluding carboxylic acids is 1. The number of nitrogens with one attached hydrogen (secondary N) is 1. The Hall–Kier alpha value is -1.43. The Kier molecular flexibility index (Phi) is 3.86. The van der Waals surface area contributed by atoms with Gasteiger partial charge in [-0.3, -0.25) is 4.79 Å². The van der Waals surface area contributed by atoms with Crippen molar-refractivity contribution in [3.8, 4) is 6.07 Å². The molecule has 0 spiro atoms. The van der Waals surface area contributed by atoms with Gasteiger partial charge in [0, 0.05) is 20.1 Å². The molecule has 0 saturated carbocycles. The highest BCUT2D eigenvalue weighted by atomic mass is 32.2. The molecule has 6 nitrogen and oxygen atoms in total. The highest BCUT2D eigenvalue weighted by Crippen LogP contribution is 2.35. The quantitative estimate of drug-likeness (QED) is 0.892. The van der Waals surface area contributed by atoms with Crippen LogP contribution in [-0.2, 0) is 14.8 Å². The molecule has 2 rings (SSSR count). The first kappa shape index (κ1) is 15.0. The molecule has 0 aliphatic carbocycles. The topological polar surface area (TPSA) is 90.3 Å². The summed E-state index contributed by atoms with van der Waals surface area (Å²) in [6.45, 7) is 2.23. The van der Waals surface area contributed by atoms with E-state index in [0.29, 0.717) is 17.8 Å². The average Bonchev–Trinajstić information content (AvgIpc) is 3.05. The van der Waals surface area contributed by atoms with Crippen molar-refractivity contribution < 1.29 is 13.2 Å². The number of hydrogen-bond donors (Lipinski definition) is 1. The lowest BCUT2D eigenvalue weighted by Gasteiger charge is -2.22. The van der Waals surface area contributed by atoms with Gasteiger partial charge in [0.15, 0.2) is 0 Å². The van der Waals surface area contributed by atoms with Crippen LogP contribution in [0.25, 0.3) is 0 Å². The number of nitrogens with zero attached hydrogens (tertiary/aromatic N) is 2. The van der Waals surface area contributed by atoms with E-state index >= 15 is 0 Å². The van der Waals surface area contributed by atoms with Gasteiger partial charge in [-0.1, -0.05) is 0 Å². The third kappa shape index (κ3) is 2.44. The van der Waals surface area contributed by atoms with Crippen LogP contribution in [0, 0.1) is 16.7 Å². The molecule has 0 radical (unpaired) electrons. The summed E-state index contributed by atoms with van der Waals surface area (Å²) in [5.41, 5.74) is -0.697. The monoisotopic (exact) mass is 313 g/mol. The van der Waals surface area contributed by atoms with E-state index in [1.54, 1.807) is 14.0 Å².